The number of carboxylic acid groups (broad SMARTS) is 1. The minimum Gasteiger partial charge on any atom is -0.479 e. The van der Waals surface area contributed by atoms with E-state index < -0.39 is 5.97 Å². The van der Waals surface area contributed by atoms with Crippen molar-refractivity contribution < 1.29 is 9.90 Å². The molecule has 1 rings (SSSR count). The molecular weight excluding hydrogens is 140 g/mol. The van der Waals surface area contributed by atoms with E-state index in [2.05, 4.69) is 6.07 Å². The van der Waals surface area contributed by atoms with E-state index in [1.807, 2.05) is 13.8 Å². The van der Waals surface area contributed by atoms with Crippen LogP contribution in [0.1, 0.15) is 21.5 Å². The number of hydrogen-bond donors (Lipinski definition) is 1. The van der Waals surface area contributed by atoms with Crippen LogP contribution < -0.4 is 0 Å². The zero-order valence-corrected chi connectivity index (χ0v) is 6.51. The van der Waals surface area contributed by atoms with Crippen LogP contribution in [-0.4, -0.2) is 11.1 Å². The van der Waals surface area contributed by atoms with E-state index in [0.717, 1.165) is 11.1 Å². The Balaban J connectivity index is 3.19. The van der Waals surface area contributed by atoms with E-state index in [1.165, 1.54) is 0 Å². The molecule has 0 unspecified atom stereocenters. The molecule has 0 saturated heterocycles. The van der Waals surface area contributed by atoms with E-state index in [1.54, 1.807) is 12.1 Å². The van der Waals surface area contributed by atoms with Gasteiger partial charge in [-0.3, -0.25) is 0 Å². The minimum atomic E-state index is -0.884. The molecule has 0 amide bonds. The van der Waals surface area contributed by atoms with Crippen LogP contribution in [-0.2, 0) is 0 Å². The van der Waals surface area contributed by atoms with Crippen LogP contribution >= 0.6 is 0 Å². The number of benzene rings is 1. The molecule has 2 heteroatoms. The Morgan fingerprint density at radius 2 is 1.82 bits per heavy atom. The summed E-state index contributed by atoms with van der Waals surface area (Å²) in [6.45, 7) is 3.67. The van der Waals surface area contributed by atoms with Gasteiger partial charge in [0.25, 0.3) is 0 Å². The highest BCUT2D eigenvalue weighted by molar-refractivity contribution is 5.87. The van der Waals surface area contributed by atoms with Gasteiger partial charge in [-0.05, 0) is 5.56 Å². The maximum Gasteiger partial charge on any atom is 0.311 e. The third-order valence-electron chi connectivity index (χ3n) is 1.39. The van der Waals surface area contributed by atoms with E-state index >= 15 is 0 Å². The molecule has 0 aliphatic carbocycles. The fourth-order valence-electron chi connectivity index (χ4n) is 1.01. The molecule has 1 N–H and O–H groups in total. The summed E-state index contributed by atoms with van der Waals surface area (Å²) in [5, 5.41) is 8.62. The molecule has 0 aliphatic heterocycles. The van der Waals surface area contributed by atoms with Crippen LogP contribution in [0.3, 0.4) is 0 Å². The van der Waals surface area contributed by atoms with Crippen molar-refractivity contribution in [1.29, 1.82) is 0 Å². The van der Waals surface area contributed by atoms with Gasteiger partial charge in [-0.1, -0.05) is 13.8 Å². The lowest BCUT2D eigenvalue weighted by Gasteiger charge is -2.07. The highest BCUT2D eigenvalue weighted by Gasteiger charge is 1.94. The molecule has 1 aromatic rings. The van der Waals surface area contributed by atoms with Gasteiger partial charge in [0.1, 0.15) is 0 Å². The van der Waals surface area contributed by atoms with E-state index in [4.69, 9.17) is 5.11 Å². The van der Waals surface area contributed by atoms with Gasteiger partial charge in [0, 0.05) is 0 Å². The summed E-state index contributed by atoms with van der Waals surface area (Å²) in [6.07, 6.45) is 0. The molecule has 0 atom stereocenters. The van der Waals surface area contributed by atoms with E-state index in [9.17, 15) is 4.79 Å². The molecule has 0 bridgehead atoms. The van der Waals surface area contributed by atoms with Gasteiger partial charge in [-0.2, -0.15) is 29.3 Å². The maximum atomic E-state index is 10.5. The van der Waals surface area contributed by atoms with Gasteiger partial charge in [0.2, 0.25) is 0 Å². The second-order valence-corrected chi connectivity index (χ2v) is 2.54. The summed E-state index contributed by atoms with van der Waals surface area (Å²) in [4.78, 5) is 10.5. The number of aryl methyl sites for hydroxylation is 2. The zero-order valence-electron chi connectivity index (χ0n) is 6.51. The fraction of sp³-hybridized carbons (Fsp3) is 0.222. The zero-order chi connectivity index (χ0) is 8.43. The SMILES string of the molecule is Cc1[c-]c(C)cc(C(=O)O)c1. The average molecular weight is 149 g/mol. The second kappa shape index (κ2) is 2.74. The molecule has 0 radical (unpaired) electrons. The Morgan fingerprint density at radius 1 is 1.36 bits per heavy atom. The summed E-state index contributed by atoms with van der Waals surface area (Å²) >= 11 is 0. The lowest BCUT2D eigenvalue weighted by atomic mass is 10.1. The molecule has 11 heavy (non-hydrogen) atoms. The second-order valence-electron chi connectivity index (χ2n) is 2.54. The normalized spacial score (nSPS) is 9.64. The molecule has 2 nitrogen and oxygen atoms in total. The molecule has 0 spiro atoms. The van der Waals surface area contributed by atoms with Crippen LogP contribution in [0.2, 0.25) is 0 Å². The number of aromatic carboxylic acids is 1. The van der Waals surface area contributed by atoms with Gasteiger partial charge in [0.05, 0.1) is 0 Å². The number of carboxylic acids is 1. The van der Waals surface area contributed by atoms with Gasteiger partial charge in [-0.25, -0.2) is 4.79 Å². The minimum absolute atomic E-state index is 0.332. The monoisotopic (exact) mass is 149 g/mol. The van der Waals surface area contributed by atoms with Crippen molar-refractivity contribution in [3.8, 4) is 0 Å². The first-order valence-electron chi connectivity index (χ1n) is 3.33. The van der Waals surface area contributed by atoms with Crippen LogP contribution in [0.15, 0.2) is 12.1 Å². The number of carbonyl (C=O) groups is 1. The average Bonchev–Trinajstić information content (AvgIpc) is 1.85. The first kappa shape index (κ1) is 7.79. The molecule has 0 fully saturated rings. The van der Waals surface area contributed by atoms with Gasteiger partial charge < -0.3 is 5.11 Å². The maximum absolute atomic E-state index is 10.5. The Labute approximate surface area is 65.5 Å². The predicted molar refractivity (Wildman–Crippen MR) is 41.7 cm³/mol. The first-order valence-corrected chi connectivity index (χ1v) is 3.33. The van der Waals surface area contributed by atoms with Gasteiger partial charge >= 0.3 is 5.97 Å². The number of rotatable bonds is 1. The summed E-state index contributed by atoms with van der Waals surface area (Å²) in [5.41, 5.74) is 2.06. The molecule has 0 aromatic heterocycles. The van der Waals surface area contributed by atoms with Crippen LogP contribution in [0.5, 0.6) is 0 Å². The van der Waals surface area contributed by atoms with Crippen molar-refractivity contribution in [3.63, 3.8) is 0 Å². The van der Waals surface area contributed by atoms with E-state index in [-0.39, 0.29) is 0 Å². The van der Waals surface area contributed by atoms with Gasteiger partial charge in [-0.15, -0.1) is 0 Å². The van der Waals surface area contributed by atoms with Crippen molar-refractivity contribution in [2.24, 2.45) is 0 Å². The largest absolute Gasteiger partial charge is 0.479 e. The highest BCUT2D eigenvalue weighted by atomic mass is 16.4. The van der Waals surface area contributed by atoms with Crippen molar-refractivity contribution >= 4 is 5.97 Å². The van der Waals surface area contributed by atoms with Crippen molar-refractivity contribution in [3.05, 3.63) is 34.9 Å². The summed E-state index contributed by atoms with van der Waals surface area (Å²) < 4.78 is 0. The lowest BCUT2D eigenvalue weighted by molar-refractivity contribution is 0.0696. The van der Waals surface area contributed by atoms with Crippen molar-refractivity contribution in [2.75, 3.05) is 0 Å². The summed E-state index contributed by atoms with van der Waals surface area (Å²) in [5.74, 6) is -0.884. The standard InChI is InChI=1S/C9H9O2/c1-6-3-7(2)5-8(4-6)9(10)11/h4-5H,1-2H3,(H,10,11)/q-1. The van der Waals surface area contributed by atoms with Crippen molar-refractivity contribution in [1.82, 2.24) is 0 Å². The fourth-order valence-corrected chi connectivity index (χ4v) is 1.01. The summed E-state index contributed by atoms with van der Waals surface area (Å²) in [7, 11) is 0. The summed E-state index contributed by atoms with van der Waals surface area (Å²) in [6, 6.07) is 6.22. The third kappa shape index (κ3) is 1.80. The highest BCUT2D eigenvalue weighted by Crippen LogP contribution is 2.07. The molecular formula is C9H9O2-. The third-order valence-corrected chi connectivity index (χ3v) is 1.39. The molecule has 58 valence electrons. The predicted octanol–water partition coefficient (Wildman–Crippen LogP) is 1.80. The smallest absolute Gasteiger partial charge is 0.311 e. The van der Waals surface area contributed by atoms with Crippen LogP contribution in [0.4, 0.5) is 0 Å². The quantitative estimate of drug-likeness (QED) is 0.618. The Bertz CT molecular complexity index is 269. The molecule has 0 aliphatic rings. The first-order chi connectivity index (χ1) is 5.09. The number of hydrogen-bond acceptors (Lipinski definition) is 1. The Morgan fingerprint density at radius 3 is 2.18 bits per heavy atom. The molecule has 1 aromatic carbocycles. The Hall–Kier alpha value is -1.31. The van der Waals surface area contributed by atoms with Crippen LogP contribution in [0.25, 0.3) is 0 Å². The van der Waals surface area contributed by atoms with E-state index in [0.29, 0.717) is 5.56 Å². The van der Waals surface area contributed by atoms with Gasteiger partial charge in [0.15, 0.2) is 0 Å². The van der Waals surface area contributed by atoms with Crippen LogP contribution in [0, 0.1) is 19.9 Å². The molecule has 0 heterocycles. The molecule has 0 saturated carbocycles. The van der Waals surface area contributed by atoms with Crippen molar-refractivity contribution in [2.45, 2.75) is 13.8 Å². The Kier molecular flexibility index (Phi) is 1.94. The lowest BCUT2D eigenvalue weighted by Crippen LogP contribution is -1.97. The topological polar surface area (TPSA) is 37.3 Å².